The number of hydrogen-bond donors (Lipinski definition) is 1. The molecular weight excluding hydrogens is 294 g/mol. The fourth-order valence-electron chi connectivity index (χ4n) is 2.99. The Hall–Kier alpha value is -1.38. The van der Waals surface area contributed by atoms with Gasteiger partial charge in [0, 0.05) is 19.6 Å². The lowest BCUT2D eigenvalue weighted by molar-refractivity contribution is -0.126. The normalized spacial score (nSPS) is 28.7. The Bertz CT molecular complexity index is 613. The minimum Gasteiger partial charge on any atom is -0.468 e. The van der Waals surface area contributed by atoms with E-state index in [1.54, 1.807) is 25.3 Å². The molecule has 21 heavy (non-hydrogen) atoms. The number of hydrogen-bond acceptors (Lipinski definition) is 4. The van der Waals surface area contributed by atoms with Crippen LogP contribution in [0, 0.1) is 0 Å². The number of rotatable bonds is 3. The predicted octanol–water partition coefficient (Wildman–Crippen LogP) is 0.482. The van der Waals surface area contributed by atoms with Crippen molar-refractivity contribution in [3.05, 3.63) is 24.2 Å². The number of carbonyl (C=O) groups excluding carboxylic acids is 1. The third-order valence-corrected chi connectivity index (χ3v) is 6.23. The second-order valence-corrected chi connectivity index (χ2v) is 7.20. The number of carbonyl (C=O) groups is 1. The molecule has 2 fully saturated rings. The van der Waals surface area contributed by atoms with Crippen LogP contribution in [-0.2, 0) is 15.0 Å². The van der Waals surface area contributed by atoms with Crippen LogP contribution < -0.4 is 5.32 Å². The van der Waals surface area contributed by atoms with Crippen LogP contribution in [0.25, 0.3) is 0 Å². The zero-order chi connectivity index (χ0) is 15.0. The highest BCUT2D eigenvalue weighted by Crippen LogP contribution is 2.36. The molecule has 1 aromatic heterocycles. The molecule has 2 aliphatic rings. The Balaban J connectivity index is 1.88. The number of amides is 1. The molecule has 0 aromatic carbocycles. The summed E-state index contributed by atoms with van der Waals surface area (Å²) in [4.78, 5) is 11.7. The largest absolute Gasteiger partial charge is 0.468 e. The van der Waals surface area contributed by atoms with Gasteiger partial charge in [0.25, 0.3) is 10.2 Å². The van der Waals surface area contributed by atoms with Crippen molar-refractivity contribution in [2.45, 2.75) is 31.8 Å². The number of nitrogens with zero attached hydrogens (tertiary/aromatic N) is 2. The predicted molar refractivity (Wildman–Crippen MR) is 75.5 cm³/mol. The van der Waals surface area contributed by atoms with Crippen molar-refractivity contribution in [2.24, 2.45) is 0 Å². The summed E-state index contributed by atoms with van der Waals surface area (Å²) < 4.78 is 33.9. The van der Waals surface area contributed by atoms with Gasteiger partial charge in [0.1, 0.15) is 11.8 Å². The van der Waals surface area contributed by atoms with Crippen LogP contribution in [0.5, 0.6) is 0 Å². The maximum atomic E-state index is 12.9. The molecule has 0 spiro atoms. The molecule has 1 aromatic rings. The van der Waals surface area contributed by atoms with E-state index < -0.39 is 16.3 Å². The summed E-state index contributed by atoms with van der Waals surface area (Å²) in [6.07, 6.45) is 3.08. The summed E-state index contributed by atoms with van der Waals surface area (Å²) in [5.41, 5.74) is 0. The van der Waals surface area contributed by atoms with Crippen LogP contribution in [0.1, 0.15) is 31.6 Å². The Morgan fingerprint density at radius 1 is 1.33 bits per heavy atom. The van der Waals surface area contributed by atoms with Gasteiger partial charge in [0.2, 0.25) is 5.91 Å². The molecule has 3 heterocycles. The van der Waals surface area contributed by atoms with Crippen molar-refractivity contribution < 1.29 is 17.6 Å². The molecule has 0 radical (unpaired) electrons. The van der Waals surface area contributed by atoms with Gasteiger partial charge in [-0.25, -0.2) is 0 Å². The van der Waals surface area contributed by atoms with Gasteiger partial charge in [-0.2, -0.15) is 17.0 Å². The Labute approximate surface area is 124 Å². The van der Waals surface area contributed by atoms with E-state index >= 15 is 0 Å². The average Bonchev–Trinajstić information content (AvgIpc) is 3.11. The highest BCUT2D eigenvalue weighted by molar-refractivity contribution is 7.86. The van der Waals surface area contributed by atoms with Crippen LogP contribution in [0.2, 0.25) is 0 Å². The molecule has 1 N–H and O–H groups in total. The number of nitrogens with one attached hydrogen (secondary N) is 1. The lowest BCUT2D eigenvalue weighted by Gasteiger charge is -2.36. The Kier molecular flexibility index (Phi) is 3.76. The van der Waals surface area contributed by atoms with E-state index in [9.17, 15) is 13.2 Å². The molecule has 2 atom stereocenters. The molecule has 7 nitrogen and oxygen atoms in total. The first-order valence-corrected chi connectivity index (χ1v) is 8.51. The number of piperazine rings is 1. The maximum absolute atomic E-state index is 12.9. The van der Waals surface area contributed by atoms with Crippen molar-refractivity contribution in [3.8, 4) is 0 Å². The third-order valence-electron chi connectivity index (χ3n) is 4.11. The zero-order valence-corrected chi connectivity index (χ0v) is 12.7. The molecule has 2 saturated heterocycles. The second-order valence-electron chi connectivity index (χ2n) is 5.37. The molecule has 8 heteroatoms. The van der Waals surface area contributed by atoms with Crippen molar-refractivity contribution in [1.29, 1.82) is 0 Å². The van der Waals surface area contributed by atoms with Crippen molar-refractivity contribution in [2.75, 3.05) is 19.6 Å². The van der Waals surface area contributed by atoms with Crippen LogP contribution in [0.3, 0.4) is 0 Å². The van der Waals surface area contributed by atoms with Gasteiger partial charge in [-0.05, 0) is 31.9 Å². The molecule has 1 amide bonds. The third kappa shape index (κ3) is 2.47. The molecule has 0 saturated carbocycles. The van der Waals surface area contributed by atoms with Crippen LogP contribution in [0.4, 0.5) is 0 Å². The fourth-order valence-corrected chi connectivity index (χ4v) is 4.97. The summed E-state index contributed by atoms with van der Waals surface area (Å²) in [6.45, 7) is 2.72. The molecule has 0 aliphatic carbocycles. The highest BCUT2D eigenvalue weighted by atomic mass is 32.2. The van der Waals surface area contributed by atoms with E-state index in [2.05, 4.69) is 5.32 Å². The fraction of sp³-hybridized carbons (Fsp3) is 0.615. The average molecular weight is 313 g/mol. The first-order valence-electron chi connectivity index (χ1n) is 7.11. The quantitative estimate of drug-likeness (QED) is 0.880. The van der Waals surface area contributed by atoms with E-state index in [-0.39, 0.29) is 11.9 Å². The topological polar surface area (TPSA) is 82.9 Å². The van der Waals surface area contributed by atoms with Crippen LogP contribution in [0.15, 0.2) is 22.8 Å². The first-order chi connectivity index (χ1) is 10.0. The SMILES string of the molecule is C[C@@H]1C(=O)NCCN1S(=O)(=O)N1CCC[C@H]1c1ccco1. The molecular formula is C13H19N3O4S. The van der Waals surface area contributed by atoms with Gasteiger partial charge in [-0.3, -0.25) is 4.79 Å². The second kappa shape index (κ2) is 5.43. The summed E-state index contributed by atoms with van der Waals surface area (Å²) in [6, 6.07) is 2.60. The van der Waals surface area contributed by atoms with Crippen molar-refractivity contribution in [1.82, 2.24) is 13.9 Å². The van der Waals surface area contributed by atoms with Crippen LogP contribution >= 0.6 is 0 Å². The standard InChI is InChI=1S/C13H19N3O4S/c1-10-13(17)14-6-8-15(10)21(18,19)16-7-2-4-11(16)12-5-3-9-20-12/h3,5,9-11H,2,4,6-8H2,1H3,(H,14,17)/t10-,11+/m1/s1. The minimum absolute atomic E-state index is 0.251. The molecule has 0 unspecified atom stereocenters. The monoisotopic (exact) mass is 313 g/mol. The molecule has 2 aliphatic heterocycles. The van der Waals surface area contributed by atoms with E-state index in [0.717, 1.165) is 12.8 Å². The van der Waals surface area contributed by atoms with Crippen LogP contribution in [-0.4, -0.2) is 48.6 Å². The summed E-state index contributed by atoms with van der Waals surface area (Å²) in [5.74, 6) is 0.406. The van der Waals surface area contributed by atoms with Gasteiger partial charge in [-0.1, -0.05) is 0 Å². The molecule has 116 valence electrons. The summed E-state index contributed by atoms with van der Waals surface area (Å²) >= 11 is 0. The Morgan fingerprint density at radius 2 is 2.14 bits per heavy atom. The first kappa shape index (κ1) is 14.6. The van der Waals surface area contributed by atoms with Crippen molar-refractivity contribution >= 4 is 16.1 Å². The molecule has 3 rings (SSSR count). The number of furan rings is 1. The van der Waals surface area contributed by atoms with Gasteiger partial charge < -0.3 is 9.73 Å². The van der Waals surface area contributed by atoms with E-state index in [1.165, 1.54) is 8.61 Å². The van der Waals surface area contributed by atoms with Gasteiger partial charge in [0.15, 0.2) is 0 Å². The minimum atomic E-state index is -3.67. The lowest BCUT2D eigenvalue weighted by Crippen LogP contribution is -2.58. The highest BCUT2D eigenvalue weighted by Gasteiger charge is 2.43. The van der Waals surface area contributed by atoms with Gasteiger partial charge >= 0.3 is 0 Å². The smallest absolute Gasteiger partial charge is 0.283 e. The van der Waals surface area contributed by atoms with E-state index in [0.29, 0.717) is 25.4 Å². The zero-order valence-electron chi connectivity index (χ0n) is 11.9. The Morgan fingerprint density at radius 3 is 2.86 bits per heavy atom. The lowest BCUT2D eigenvalue weighted by atomic mass is 10.2. The maximum Gasteiger partial charge on any atom is 0.283 e. The summed E-state index contributed by atoms with van der Waals surface area (Å²) in [7, 11) is -3.67. The molecule has 0 bridgehead atoms. The van der Waals surface area contributed by atoms with Crippen molar-refractivity contribution in [3.63, 3.8) is 0 Å². The summed E-state index contributed by atoms with van der Waals surface area (Å²) in [5, 5.41) is 2.68. The van der Waals surface area contributed by atoms with Gasteiger partial charge in [0.05, 0.1) is 12.3 Å². The van der Waals surface area contributed by atoms with E-state index in [1.807, 2.05) is 0 Å². The van der Waals surface area contributed by atoms with E-state index in [4.69, 9.17) is 4.42 Å². The van der Waals surface area contributed by atoms with Gasteiger partial charge in [-0.15, -0.1) is 0 Å².